The van der Waals surface area contributed by atoms with E-state index < -0.39 is 23.4 Å². The first-order chi connectivity index (χ1) is 8.99. The highest BCUT2D eigenvalue weighted by atomic mass is 35.5. The van der Waals surface area contributed by atoms with Gasteiger partial charge in [0.2, 0.25) is 0 Å². The van der Waals surface area contributed by atoms with Gasteiger partial charge in [0.05, 0.1) is 12.6 Å². The molecule has 1 unspecified atom stereocenters. The summed E-state index contributed by atoms with van der Waals surface area (Å²) in [5, 5.41) is 2.50. The van der Waals surface area contributed by atoms with Gasteiger partial charge in [0.15, 0.2) is 17.5 Å². The zero-order valence-electron chi connectivity index (χ0n) is 10.2. The van der Waals surface area contributed by atoms with E-state index in [0.717, 1.165) is 0 Å². The van der Waals surface area contributed by atoms with Gasteiger partial charge in [0.1, 0.15) is 0 Å². The molecule has 0 aliphatic heterocycles. The van der Waals surface area contributed by atoms with Crippen LogP contribution in [0.4, 0.5) is 13.2 Å². The zero-order chi connectivity index (χ0) is 14.4. The molecule has 1 atom stereocenters. The highest BCUT2D eigenvalue weighted by Crippen LogP contribution is 2.13. The molecule has 0 saturated carbocycles. The molecule has 0 aliphatic carbocycles. The number of nitrogens with one attached hydrogen (secondary N) is 1. The Morgan fingerprint density at radius 3 is 2.42 bits per heavy atom. The number of carbonyl (C=O) groups excluding carboxylic acids is 1. The minimum Gasteiger partial charge on any atom is -0.383 e. The van der Waals surface area contributed by atoms with Crippen LogP contribution >= 0.6 is 11.6 Å². The molecule has 0 radical (unpaired) electrons. The van der Waals surface area contributed by atoms with E-state index in [1.54, 1.807) is 0 Å². The number of amides is 1. The van der Waals surface area contributed by atoms with Crippen LogP contribution in [0, 0.1) is 17.5 Å². The molecule has 19 heavy (non-hydrogen) atoms. The molecule has 0 bridgehead atoms. The van der Waals surface area contributed by atoms with Crippen LogP contribution in [0.15, 0.2) is 12.1 Å². The average Bonchev–Trinajstić information content (AvgIpc) is 2.35. The number of benzene rings is 1. The number of methoxy groups -OCH3 is 1. The van der Waals surface area contributed by atoms with Crippen molar-refractivity contribution in [2.75, 3.05) is 19.6 Å². The summed E-state index contributed by atoms with van der Waals surface area (Å²) in [6.45, 7) is 0.213. The van der Waals surface area contributed by atoms with E-state index in [4.69, 9.17) is 16.3 Å². The number of ether oxygens (including phenoxy) is 1. The SMILES string of the molecule is COCC(CCCl)NC(=O)c1cc(F)c(F)c(F)c1. The summed E-state index contributed by atoms with van der Waals surface area (Å²) in [6, 6.07) is 0.891. The van der Waals surface area contributed by atoms with E-state index in [2.05, 4.69) is 5.32 Å². The second-order valence-corrected chi connectivity index (χ2v) is 4.24. The van der Waals surface area contributed by atoms with E-state index in [9.17, 15) is 18.0 Å². The summed E-state index contributed by atoms with van der Waals surface area (Å²) in [6.07, 6.45) is 0.438. The third kappa shape index (κ3) is 4.40. The molecular formula is C12H13ClF3NO2. The molecule has 7 heteroatoms. The smallest absolute Gasteiger partial charge is 0.251 e. The highest BCUT2D eigenvalue weighted by molar-refractivity contribution is 6.17. The van der Waals surface area contributed by atoms with E-state index in [-0.39, 0.29) is 18.2 Å². The number of halogens is 4. The van der Waals surface area contributed by atoms with Crippen LogP contribution in [0.1, 0.15) is 16.8 Å². The van der Waals surface area contributed by atoms with Crippen LogP contribution in [0.2, 0.25) is 0 Å². The van der Waals surface area contributed by atoms with Gasteiger partial charge in [-0.2, -0.15) is 0 Å². The normalized spacial score (nSPS) is 12.3. The summed E-state index contributed by atoms with van der Waals surface area (Å²) < 4.78 is 43.6. The summed E-state index contributed by atoms with van der Waals surface area (Å²) >= 11 is 5.56. The summed E-state index contributed by atoms with van der Waals surface area (Å²) in [4.78, 5) is 11.8. The maximum atomic E-state index is 13.0. The topological polar surface area (TPSA) is 38.3 Å². The standard InChI is InChI=1S/C12H13ClF3NO2/c1-19-6-8(2-3-13)17-12(18)7-4-9(14)11(16)10(15)5-7/h4-5,8H,2-3,6H2,1H3,(H,17,18). The fourth-order valence-electron chi connectivity index (χ4n) is 1.49. The van der Waals surface area contributed by atoms with Gasteiger partial charge in [0.25, 0.3) is 5.91 Å². The first-order valence-corrected chi connectivity index (χ1v) is 6.03. The van der Waals surface area contributed by atoms with E-state index in [0.29, 0.717) is 24.4 Å². The molecule has 106 valence electrons. The van der Waals surface area contributed by atoms with Gasteiger partial charge < -0.3 is 10.1 Å². The second-order valence-electron chi connectivity index (χ2n) is 3.86. The van der Waals surface area contributed by atoms with Gasteiger partial charge in [0, 0.05) is 18.6 Å². The Morgan fingerprint density at radius 1 is 1.37 bits per heavy atom. The quantitative estimate of drug-likeness (QED) is 0.647. The molecule has 1 N–H and O–H groups in total. The van der Waals surface area contributed by atoms with Crippen molar-refractivity contribution in [3.63, 3.8) is 0 Å². The van der Waals surface area contributed by atoms with Crippen molar-refractivity contribution < 1.29 is 22.7 Å². The van der Waals surface area contributed by atoms with E-state index in [1.165, 1.54) is 7.11 Å². The Hall–Kier alpha value is -1.27. The van der Waals surface area contributed by atoms with Crippen molar-refractivity contribution in [3.8, 4) is 0 Å². The van der Waals surface area contributed by atoms with Crippen molar-refractivity contribution in [3.05, 3.63) is 35.1 Å². The van der Waals surface area contributed by atoms with Crippen LogP contribution in [0.5, 0.6) is 0 Å². The van der Waals surface area contributed by atoms with Crippen molar-refractivity contribution in [1.82, 2.24) is 5.32 Å². The molecule has 0 aromatic heterocycles. The first kappa shape index (κ1) is 15.8. The van der Waals surface area contributed by atoms with E-state index in [1.807, 2.05) is 0 Å². The molecule has 1 amide bonds. The van der Waals surface area contributed by atoms with Crippen molar-refractivity contribution in [1.29, 1.82) is 0 Å². The first-order valence-electron chi connectivity index (χ1n) is 5.50. The molecule has 0 saturated heterocycles. The third-order valence-electron chi connectivity index (χ3n) is 2.41. The van der Waals surface area contributed by atoms with Crippen LogP contribution in [0.3, 0.4) is 0 Å². The molecule has 1 aromatic carbocycles. The van der Waals surface area contributed by atoms with E-state index >= 15 is 0 Å². The van der Waals surface area contributed by atoms with Gasteiger partial charge in [-0.25, -0.2) is 13.2 Å². The Balaban J connectivity index is 2.82. The summed E-state index contributed by atoms with van der Waals surface area (Å²) in [5.41, 5.74) is -0.299. The van der Waals surface area contributed by atoms with Crippen molar-refractivity contribution in [2.24, 2.45) is 0 Å². The number of carbonyl (C=O) groups is 1. The highest BCUT2D eigenvalue weighted by Gasteiger charge is 2.17. The lowest BCUT2D eigenvalue weighted by Gasteiger charge is -2.16. The minimum absolute atomic E-state index is 0.213. The Kier molecular flexibility index (Phi) is 6.11. The lowest BCUT2D eigenvalue weighted by molar-refractivity contribution is 0.0894. The van der Waals surface area contributed by atoms with Crippen LogP contribution < -0.4 is 5.32 Å². The average molecular weight is 296 g/mol. The molecule has 1 aromatic rings. The Labute approximate surface area is 113 Å². The van der Waals surface area contributed by atoms with Crippen LogP contribution in [-0.4, -0.2) is 31.5 Å². The molecule has 3 nitrogen and oxygen atoms in total. The number of hydrogen-bond acceptors (Lipinski definition) is 2. The number of alkyl halides is 1. The predicted octanol–water partition coefficient (Wildman–Crippen LogP) is 2.48. The lowest BCUT2D eigenvalue weighted by atomic mass is 10.1. The monoisotopic (exact) mass is 295 g/mol. The fraction of sp³-hybridized carbons (Fsp3) is 0.417. The summed E-state index contributed by atoms with van der Waals surface area (Å²) in [5.74, 6) is -4.85. The maximum Gasteiger partial charge on any atom is 0.251 e. The molecular weight excluding hydrogens is 283 g/mol. The Bertz CT molecular complexity index is 428. The second kappa shape index (κ2) is 7.35. The maximum absolute atomic E-state index is 13.0. The molecule has 0 spiro atoms. The van der Waals surface area contributed by atoms with Gasteiger partial charge in [-0.15, -0.1) is 11.6 Å². The Morgan fingerprint density at radius 2 is 1.95 bits per heavy atom. The molecule has 0 aliphatic rings. The fourth-order valence-corrected chi connectivity index (χ4v) is 1.75. The zero-order valence-corrected chi connectivity index (χ0v) is 10.9. The van der Waals surface area contributed by atoms with Crippen molar-refractivity contribution >= 4 is 17.5 Å². The summed E-state index contributed by atoms with van der Waals surface area (Å²) in [7, 11) is 1.45. The van der Waals surface area contributed by atoms with Crippen molar-refractivity contribution in [2.45, 2.75) is 12.5 Å². The minimum atomic E-state index is -1.61. The predicted molar refractivity (Wildman–Crippen MR) is 64.8 cm³/mol. The largest absolute Gasteiger partial charge is 0.383 e. The molecule has 0 heterocycles. The lowest BCUT2D eigenvalue weighted by Crippen LogP contribution is -2.38. The molecule has 0 fully saturated rings. The van der Waals surface area contributed by atoms with Crippen LogP contribution in [0.25, 0.3) is 0 Å². The third-order valence-corrected chi connectivity index (χ3v) is 2.62. The number of hydrogen-bond donors (Lipinski definition) is 1. The van der Waals surface area contributed by atoms with Gasteiger partial charge in [-0.3, -0.25) is 4.79 Å². The number of rotatable bonds is 6. The van der Waals surface area contributed by atoms with Crippen LogP contribution in [-0.2, 0) is 4.74 Å². The molecule has 1 rings (SSSR count). The van der Waals surface area contributed by atoms with Gasteiger partial charge in [-0.05, 0) is 18.6 Å². The van der Waals surface area contributed by atoms with Gasteiger partial charge in [-0.1, -0.05) is 0 Å². The van der Waals surface area contributed by atoms with Gasteiger partial charge >= 0.3 is 0 Å².